The van der Waals surface area contributed by atoms with E-state index in [9.17, 15) is 14.0 Å². The number of ether oxygens (including phenoxy) is 2. The Morgan fingerprint density at radius 3 is 2.24 bits per heavy atom. The Balaban J connectivity index is 1.57. The highest BCUT2D eigenvalue weighted by Gasteiger charge is 2.32. The molecule has 0 aromatic heterocycles. The lowest BCUT2D eigenvalue weighted by Gasteiger charge is -2.38. The van der Waals surface area contributed by atoms with Crippen molar-refractivity contribution >= 4 is 23.5 Å². The van der Waals surface area contributed by atoms with Crippen LogP contribution in [0.3, 0.4) is 0 Å². The van der Waals surface area contributed by atoms with Crippen molar-refractivity contribution in [3.8, 4) is 5.75 Å². The lowest BCUT2D eigenvalue weighted by atomic mass is 10.0. The van der Waals surface area contributed by atoms with Crippen LogP contribution in [0.15, 0.2) is 48.5 Å². The van der Waals surface area contributed by atoms with Gasteiger partial charge in [0.05, 0.1) is 7.11 Å². The number of piperazine rings is 1. The molecular formula is C21H22ClFN2O4. The standard InChI is InChI=1S/C21H22ClFN2O4/c1-28-21(27)20(15-2-4-16(22)5-3-15)25-12-10-24(11-13-25)19(26)14-29-18-8-6-17(23)7-9-18/h2-9,20H,10-14H2,1H3. The number of benzene rings is 2. The van der Waals surface area contributed by atoms with Gasteiger partial charge in [0.25, 0.3) is 5.91 Å². The number of carbonyl (C=O) groups excluding carboxylic acids is 2. The molecule has 0 spiro atoms. The summed E-state index contributed by atoms with van der Waals surface area (Å²) < 4.78 is 23.3. The molecular weight excluding hydrogens is 399 g/mol. The third-order valence-electron chi connectivity index (χ3n) is 4.82. The second-order valence-electron chi connectivity index (χ2n) is 6.64. The summed E-state index contributed by atoms with van der Waals surface area (Å²) in [6.45, 7) is 1.85. The van der Waals surface area contributed by atoms with Crippen molar-refractivity contribution in [2.45, 2.75) is 6.04 Å². The largest absolute Gasteiger partial charge is 0.484 e. The number of esters is 1. The summed E-state index contributed by atoms with van der Waals surface area (Å²) in [5.74, 6) is -0.436. The average Bonchev–Trinajstić information content (AvgIpc) is 2.75. The fourth-order valence-corrected chi connectivity index (χ4v) is 3.38. The molecule has 1 aliphatic rings. The number of nitrogens with zero attached hydrogens (tertiary/aromatic N) is 2. The number of rotatable bonds is 6. The molecule has 1 unspecified atom stereocenters. The Morgan fingerprint density at radius 2 is 1.66 bits per heavy atom. The van der Waals surface area contributed by atoms with E-state index in [-0.39, 0.29) is 24.3 Å². The molecule has 29 heavy (non-hydrogen) atoms. The maximum Gasteiger partial charge on any atom is 0.327 e. The zero-order valence-corrected chi connectivity index (χ0v) is 16.8. The smallest absolute Gasteiger partial charge is 0.327 e. The first-order valence-corrected chi connectivity index (χ1v) is 9.59. The Hall–Kier alpha value is -2.64. The van der Waals surface area contributed by atoms with E-state index < -0.39 is 6.04 Å². The second kappa shape index (κ2) is 9.71. The van der Waals surface area contributed by atoms with Crippen molar-refractivity contribution in [3.63, 3.8) is 0 Å². The lowest BCUT2D eigenvalue weighted by molar-refractivity contribution is -0.148. The molecule has 1 fully saturated rings. The molecule has 6 nitrogen and oxygen atoms in total. The van der Waals surface area contributed by atoms with E-state index in [1.54, 1.807) is 29.2 Å². The highest BCUT2D eigenvalue weighted by atomic mass is 35.5. The SMILES string of the molecule is COC(=O)C(c1ccc(Cl)cc1)N1CCN(C(=O)COc2ccc(F)cc2)CC1. The molecule has 0 saturated carbocycles. The molecule has 3 rings (SSSR count). The summed E-state index contributed by atoms with van der Waals surface area (Å²) in [7, 11) is 1.36. The minimum Gasteiger partial charge on any atom is -0.484 e. The van der Waals surface area contributed by atoms with Crippen LogP contribution in [0.5, 0.6) is 5.75 Å². The van der Waals surface area contributed by atoms with E-state index in [4.69, 9.17) is 21.1 Å². The van der Waals surface area contributed by atoms with Crippen molar-refractivity contribution in [2.75, 3.05) is 39.9 Å². The number of hydrogen-bond donors (Lipinski definition) is 0. The highest BCUT2D eigenvalue weighted by molar-refractivity contribution is 6.30. The van der Waals surface area contributed by atoms with Gasteiger partial charge >= 0.3 is 5.97 Å². The Labute approximate surface area is 173 Å². The van der Waals surface area contributed by atoms with Gasteiger partial charge in [-0.2, -0.15) is 0 Å². The van der Waals surface area contributed by atoms with Crippen molar-refractivity contribution < 1.29 is 23.5 Å². The van der Waals surface area contributed by atoms with E-state index in [1.165, 1.54) is 31.4 Å². The molecule has 1 saturated heterocycles. The van der Waals surface area contributed by atoms with Gasteiger partial charge in [-0.1, -0.05) is 23.7 Å². The van der Waals surface area contributed by atoms with Crippen molar-refractivity contribution in [1.29, 1.82) is 0 Å². The molecule has 1 atom stereocenters. The number of halogens is 2. The second-order valence-corrected chi connectivity index (χ2v) is 7.07. The quantitative estimate of drug-likeness (QED) is 0.672. The minimum absolute atomic E-state index is 0.122. The number of amides is 1. The van der Waals surface area contributed by atoms with Crippen LogP contribution in [0.4, 0.5) is 4.39 Å². The van der Waals surface area contributed by atoms with Crippen LogP contribution in [0, 0.1) is 5.82 Å². The van der Waals surface area contributed by atoms with Gasteiger partial charge in [0.1, 0.15) is 17.6 Å². The van der Waals surface area contributed by atoms with Gasteiger partial charge in [0.15, 0.2) is 6.61 Å². The molecule has 1 aliphatic heterocycles. The lowest BCUT2D eigenvalue weighted by Crippen LogP contribution is -2.52. The topological polar surface area (TPSA) is 59.1 Å². The third kappa shape index (κ3) is 5.46. The van der Waals surface area contributed by atoms with Crippen LogP contribution in [-0.4, -0.2) is 61.6 Å². The third-order valence-corrected chi connectivity index (χ3v) is 5.07. The molecule has 0 aliphatic carbocycles. The highest BCUT2D eigenvalue weighted by Crippen LogP contribution is 2.25. The molecule has 0 bridgehead atoms. The average molecular weight is 421 g/mol. The first kappa shape index (κ1) is 21.1. The summed E-state index contributed by atoms with van der Waals surface area (Å²) in [5.41, 5.74) is 0.792. The van der Waals surface area contributed by atoms with Gasteiger partial charge in [-0.25, -0.2) is 9.18 Å². The monoisotopic (exact) mass is 420 g/mol. The number of methoxy groups -OCH3 is 1. The Bertz CT molecular complexity index is 837. The molecule has 1 amide bonds. The molecule has 0 N–H and O–H groups in total. The van der Waals surface area contributed by atoms with Gasteiger partial charge in [-0.05, 0) is 42.0 Å². The fraction of sp³-hybridized carbons (Fsp3) is 0.333. The van der Waals surface area contributed by atoms with E-state index in [0.29, 0.717) is 37.0 Å². The van der Waals surface area contributed by atoms with Gasteiger partial charge in [0.2, 0.25) is 0 Å². The van der Waals surface area contributed by atoms with Crippen LogP contribution in [0.1, 0.15) is 11.6 Å². The molecule has 8 heteroatoms. The summed E-state index contributed by atoms with van der Waals surface area (Å²) in [6.07, 6.45) is 0. The molecule has 2 aromatic rings. The van der Waals surface area contributed by atoms with Crippen LogP contribution in [-0.2, 0) is 14.3 Å². The van der Waals surface area contributed by atoms with Crippen molar-refractivity contribution in [3.05, 3.63) is 64.9 Å². The summed E-state index contributed by atoms with van der Waals surface area (Å²) in [5, 5.41) is 0.592. The first-order chi connectivity index (χ1) is 14.0. The minimum atomic E-state index is -0.551. The van der Waals surface area contributed by atoms with E-state index in [2.05, 4.69) is 0 Å². The van der Waals surface area contributed by atoms with Crippen LogP contribution in [0.25, 0.3) is 0 Å². The molecule has 2 aromatic carbocycles. The van der Waals surface area contributed by atoms with Crippen molar-refractivity contribution in [1.82, 2.24) is 9.80 Å². The Kier molecular flexibility index (Phi) is 7.06. The predicted molar refractivity (Wildman–Crippen MR) is 106 cm³/mol. The van der Waals surface area contributed by atoms with E-state index in [0.717, 1.165) is 5.56 Å². The van der Waals surface area contributed by atoms with Gasteiger partial charge in [0, 0.05) is 31.2 Å². The van der Waals surface area contributed by atoms with E-state index in [1.807, 2.05) is 4.90 Å². The normalized spacial score (nSPS) is 15.6. The maximum atomic E-state index is 12.9. The molecule has 0 radical (unpaired) electrons. The first-order valence-electron chi connectivity index (χ1n) is 9.21. The number of hydrogen-bond acceptors (Lipinski definition) is 5. The Morgan fingerprint density at radius 1 is 1.03 bits per heavy atom. The zero-order valence-electron chi connectivity index (χ0n) is 16.0. The van der Waals surface area contributed by atoms with Crippen molar-refractivity contribution in [2.24, 2.45) is 0 Å². The molecule has 1 heterocycles. The number of carbonyl (C=O) groups is 2. The summed E-state index contributed by atoms with van der Waals surface area (Å²) >= 11 is 5.95. The molecule has 154 valence electrons. The van der Waals surface area contributed by atoms with Crippen LogP contribution >= 0.6 is 11.6 Å². The van der Waals surface area contributed by atoms with Crippen LogP contribution in [0.2, 0.25) is 5.02 Å². The zero-order chi connectivity index (χ0) is 20.8. The predicted octanol–water partition coefficient (Wildman–Crippen LogP) is 2.92. The van der Waals surface area contributed by atoms with Gasteiger partial charge in [-0.3, -0.25) is 9.69 Å². The maximum absolute atomic E-state index is 12.9. The summed E-state index contributed by atoms with van der Waals surface area (Å²) in [4.78, 5) is 28.5. The van der Waals surface area contributed by atoms with E-state index >= 15 is 0 Å². The fourth-order valence-electron chi connectivity index (χ4n) is 3.25. The summed E-state index contributed by atoms with van der Waals surface area (Å²) in [6, 6.07) is 12.0. The van der Waals surface area contributed by atoms with Gasteiger partial charge in [-0.15, -0.1) is 0 Å². The van der Waals surface area contributed by atoms with Crippen LogP contribution < -0.4 is 4.74 Å². The van der Waals surface area contributed by atoms with Gasteiger partial charge < -0.3 is 14.4 Å².